The number of aryl methyl sites for hydroxylation is 2. The van der Waals surface area contributed by atoms with Gasteiger partial charge in [-0.05, 0) is 18.6 Å². The summed E-state index contributed by atoms with van der Waals surface area (Å²) in [6.45, 7) is 3.48. The molecule has 3 heterocycles. The first kappa shape index (κ1) is 15.0. The van der Waals surface area contributed by atoms with Crippen LogP contribution in [0.15, 0.2) is 34.7 Å². The van der Waals surface area contributed by atoms with Gasteiger partial charge in [-0.2, -0.15) is 5.10 Å². The summed E-state index contributed by atoms with van der Waals surface area (Å²) in [5.41, 5.74) is 0.938. The summed E-state index contributed by atoms with van der Waals surface area (Å²) in [5, 5.41) is 16.3. The van der Waals surface area contributed by atoms with E-state index in [4.69, 9.17) is 4.42 Å². The summed E-state index contributed by atoms with van der Waals surface area (Å²) in [4.78, 5) is 4.54. The monoisotopic (exact) mass is 324 g/mol. The van der Waals surface area contributed by atoms with Gasteiger partial charge in [0.15, 0.2) is 5.82 Å². The molecule has 1 N–H and O–H groups in total. The van der Waals surface area contributed by atoms with Crippen molar-refractivity contribution in [3.05, 3.63) is 47.9 Å². The Hall–Kier alpha value is -2.54. The molecule has 0 saturated heterocycles. The molecule has 1 atom stereocenters. The summed E-state index contributed by atoms with van der Waals surface area (Å²) in [7, 11) is 0. The molecule has 124 valence electrons. The van der Waals surface area contributed by atoms with Gasteiger partial charge in [0.05, 0.1) is 13.1 Å². The van der Waals surface area contributed by atoms with E-state index in [2.05, 4.69) is 32.5 Å². The second-order valence-corrected chi connectivity index (χ2v) is 5.96. The zero-order valence-corrected chi connectivity index (χ0v) is 13.6. The SMILES string of the molecule is CCc1nc2n(n1)CC(NCc1nnc(-c3ccccc3)o1)CC2. The molecule has 0 fully saturated rings. The van der Waals surface area contributed by atoms with Crippen molar-refractivity contribution >= 4 is 0 Å². The number of rotatable bonds is 5. The lowest BCUT2D eigenvalue weighted by Crippen LogP contribution is -2.37. The highest BCUT2D eigenvalue weighted by Gasteiger charge is 2.21. The molecule has 0 aliphatic carbocycles. The van der Waals surface area contributed by atoms with Gasteiger partial charge in [0.1, 0.15) is 5.82 Å². The van der Waals surface area contributed by atoms with E-state index in [-0.39, 0.29) is 0 Å². The first-order chi connectivity index (χ1) is 11.8. The fourth-order valence-corrected chi connectivity index (χ4v) is 2.93. The molecule has 24 heavy (non-hydrogen) atoms. The van der Waals surface area contributed by atoms with Crippen LogP contribution in [0.5, 0.6) is 0 Å². The van der Waals surface area contributed by atoms with E-state index in [1.54, 1.807) is 0 Å². The quantitative estimate of drug-likeness (QED) is 0.773. The number of hydrogen-bond acceptors (Lipinski definition) is 6. The van der Waals surface area contributed by atoms with Crippen molar-refractivity contribution in [3.63, 3.8) is 0 Å². The van der Waals surface area contributed by atoms with E-state index >= 15 is 0 Å². The van der Waals surface area contributed by atoms with E-state index in [0.29, 0.717) is 24.4 Å². The van der Waals surface area contributed by atoms with Crippen LogP contribution in [0, 0.1) is 0 Å². The van der Waals surface area contributed by atoms with Gasteiger partial charge in [0, 0.05) is 24.4 Å². The van der Waals surface area contributed by atoms with E-state index < -0.39 is 0 Å². The van der Waals surface area contributed by atoms with Gasteiger partial charge in [-0.25, -0.2) is 9.67 Å². The Kier molecular flexibility index (Phi) is 4.08. The average Bonchev–Trinajstić information content (AvgIpc) is 3.27. The second-order valence-electron chi connectivity index (χ2n) is 5.96. The van der Waals surface area contributed by atoms with Crippen LogP contribution in [0.25, 0.3) is 11.5 Å². The minimum atomic E-state index is 0.344. The molecule has 1 aliphatic heterocycles. The molecule has 1 aliphatic rings. The van der Waals surface area contributed by atoms with Crippen LogP contribution in [-0.2, 0) is 25.9 Å². The first-order valence-corrected chi connectivity index (χ1v) is 8.35. The van der Waals surface area contributed by atoms with Gasteiger partial charge in [-0.3, -0.25) is 0 Å². The predicted molar refractivity (Wildman–Crippen MR) is 88.1 cm³/mol. The maximum Gasteiger partial charge on any atom is 0.247 e. The van der Waals surface area contributed by atoms with Crippen molar-refractivity contribution in [2.24, 2.45) is 0 Å². The summed E-state index contributed by atoms with van der Waals surface area (Å²) < 4.78 is 7.75. The van der Waals surface area contributed by atoms with Crippen molar-refractivity contribution in [2.75, 3.05) is 0 Å². The van der Waals surface area contributed by atoms with Crippen molar-refractivity contribution in [3.8, 4) is 11.5 Å². The third kappa shape index (κ3) is 3.07. The highest BCUT2D eigenvalue weighted by atomic mass is 16.4. The van der Waals surface area contributed by atoms with Crippen LogP contribution in [-0.4, -0.2) is 31.0 Å². The van der Waals surface area contributed by atoms with E-state index in [9.17, 15) is 0 Å². The van der Waals surface area contributed by atoms with E-state index in [1.807, 2.05) is 35.0 Å². The predicted octanol–water partition coefficient (Wildman–Crippen LogP) is 2.00. The standard InChI is InChI=1S/C17H20N6O/c1-2-14-19-15-9-8-13(11-23(15)22-14)18-10-16-20-21-17(24-16)12-6-4-3-5-7-12/h3-7,13,18H,2,8-11H2,1H3. The molecule has 4 rings (SSSR count). The third-order valence-electron chi connectivity index (χ3n) is 4.25. The Morgan fingerprint density at radius 3 is 2.96 bits per heavy atom. The molecular weight excluding hydrogens is 304 g/mol. The first-order valence-electron chi connectivity index (χ1n) is 8.35. The molecule has 2 aromatic heterocycles. The smallest absolute Gasteiger partial charge is 0.247 e. The molecule has 1 unspecified atom stereocenters. The van der Waals surface area contributed by atoms with Crippen LogP contribution in [0.2, 0.25) is 0 Å². The lowest BCUT2D eigenvalue weighted by molar-refractivity contribution is 0.342. The molecule has 7 heteroatoms. The molecule has 0 spiro atoms. The third-order valence-corrected chi connectivity index (χ3v) is 4.25. The molecule has 7 nitrogen and oxygen atoms in total. The minimum Gasteiger partial charge on any atom is -0.419 e. The van der Waals surface area contributed by atoms with Crippen LogP contribution in [0.4, 0.5) is 0 Å². The molecule has 0 saturated carbocycles. The summed E-state index contributed by atoms with van der Waals surface area (Å²) in [5.74, 6) is 3.18. The van der Waals surface area contributed by atoms with Crippen LogP contribution in [0.1, 0.15) is 30.9 Å². The normalized spacial score (nSPS) is 17.0. The fraction of sp³-hybridized carbons (Fsp3) is 0.412. The Bertz CT molecular complexity index is 810. The maximum absolute atomic E-state index is 5.73. The number of benzene rings is 1. The van der Waals surface area contributed by atoms with Crippen molar-refractivity contribution in [1.29, 1.82) is 0 Å². The number of nitrogens with zero attached hydrogens (tertiary/aromatic N) is 5. The highest BCUT2D eigenvalue weighted by Crippen LogP contribution is 2.17. The largest absolute Gasteiger partial charge is 0.419 e. The van der Waals surface area contributed by atoms with E-state index in [0.717, 1.165) is 43.0 Å². The number of nitrogens with one attached hydrogen (secondary N) is 1. The van der Waals surface area contributed by atoms with Crippen molar-refractivity contribution < 1.29 is 4.42 Å². The second kappa shape index (κ2) is 6.52. The Morgan fingerprint density at radius 1 is 1.25 bits per heavy atom. The Morgan fingerprint density at radius 2 is 2.12 bits per heavy atom. The van der Waals surface area contributed by atoms with Crippen LogP contribution < -0.4 is 5.32 Å². The fourth-order valence-electron chi connectivity index (χ4n) is 2.93. The molecule has 0 amide bonds. The topological polar surface area (TPSA) is 81.7 Å². The molecule has 0 radical (unpaired) electrons. The zero-order valence-electron chi connectivity index (χ0n) is 13.6. The van der Waals surface area contributed by atoms with Gasteiger partial charge in [-0.1, -0.05) is 25.1 Å². The summed E-state index contributed by atoms with van der Waals surface area (Å²) in [6, 6.07) is 10.1. The van der Waals surface area contributed by atoms with Gasteiger partial charge in [0.25, 0.3) is 0 Å². The lowest BCUT2D eigenvalue weighted by Gasteiger charge is -2.22. The molecule has 1 aromatic carbocycles. The maximum atomic E-state index is 5.73. The van der Waals surface area contributed by atoms with Crippen LogP contribution >= 0.6 is 0 Å². The number of hydrogen-bond donors (Lipinski definition) is 1. The number of fused-ring (bicyclic) bond motifs is 1. The van der Waals surface area contributed by atoms with Gasteiger partial charge in [-0.15, -0.1) is 10.2 Å². The van der Waals surface area contributed by atoms with Gasteiger partial charge >= 0.3 is 0 Å². The molecular formula is C17H20N6O. The highest BCUT2D eigenvalue weighted by molar-refractivity contribution is 5.51. The summed E-state index contributed by atoms with van der Waals surface area (Å²) >= 11 is 0. The lowest BCUT2D eigenvalue weighted by atomic mass is 10.1. The molecule has 0 bridgehead atoms. The van der Waals surface area contributed by atoms with E-state index in [1.165, 1.54) is 0 Å². The minimum absolute atomic E-state index is 0.344. The van der Waals surface area contributed by atoms with Gasteiger partial charge < -0.3 is 9.73 Å². The summed E-state index contributed by atoms with van der Waals surface area (Å²) in [6.07, 6.45) is 2.87. The molecule has 3 aromatic rings. The Balaban J connectivity index is 1.37. The van der Waals surface area contributed by atoms with Crippen molar-refractivity contribution in [1.82, 2.24) is 30.3 Å². The average molecular weight is 324 g/mol. The Labute approximate surface area is 140 Å². The van der Waals surface area contributed by atoms with Crippen molar-refractivity contribution in [2.45, 2.75) is 45.3 Å². The van der Waals surface area contributed by atoms with Crippen LogP contribution in [0.3, 0.4) is 0 Å². The zero-order chi connectivity index (χ0) is 16.4. The van der Waals surface area contributed by atoms with Gasteiger partial charge in [0.2, 0.25) is 11.8 Å². The number of aromatic nitrogens is 5.